The molecule has 1 aliphatic heterocycles. The van der Waals surface area contributed by atoms with Crippen LogP contribution in [0.2, 0.25) is 5.02 Å². The van der Waals surface area contributed by atoms with Gasteiger partial charge in [0.1, 0.15) is 5.82 Å². The molecule has 3 heterocycles. The average Bonchev–Trinajstić information content (AvgIpc) is 3.21. The molecule has 0 amide bonds. The van der Waals surface area contributed by atoms with E-state index in [4.69, 9.17) is 16.6 Å². The number of fused-ring (bicyclic) bond motifs is 3. The van der Waals surface area contributed by atoms with E-state index in [1.165, 1.54) is 39.7 Å². The molecular formula is C22H26ClN5S. The highest BCUT2D eigenvalue weighted by atomic mass is 35.5. The van der Waals surface area contributed by atoms with Gasteiger partial charge in [-0.3, -0.25) is 9.47 Å². The van der Waals surface area contributed by atoms with Crippen molar-refractivity contribution in [2.45, 2.75) is 64.5 Å². The lowest BCUT2D eigenvalue weighted by molar-refractivity contribution is 0.315. The van der Waals surface area contributed by atoms with Gasteiger partial charge in [-0.15, -0.1) is 21.5 Å². The van der Waals surface area contributed by atoms with E-state index in [0.29, 0.717) is 11.8 Å². The number of aromatic nitrogens is 4. The Morgan fingerprint density at radius 2 is 1.79 bits per heavy atom. The van der Waals surface area contributed by atoms with Crippen LogP contribution in [0.15, 0.2) is 18.2 Å². The molecule has 0 spiro atoms. The van der Waals surface area contributed by atoms with Crippen molar-refractivity contribution >= 4 is 22.9 Å². The number of benzene rings is 1. The Balaban J connectivity index is 1.44. The first-order valence-corrected chi connectivity index (χ1v) is 11.5. The Hall–Kier alpha value is -1.76. The molecule has 0 atom stereocenters. The third-order valence-electron chi connectivity index (χ3n) is 6.38. The molecule has 1 saturated carbocycles. The standard InChI is InChI=1S/C22H26ClN5S/c1-13-14(2)29-22(24-13)16-6-4-15(5-7-16)21-26-25-20-12-27(3)11-17-10-18(23)8-9-19(17)28(20)21/h8-10,15-16H,4-7,11-12H2,1-3H3/t15-,16-. The fourth-order valence-corrected chi connectivity index (χ4v) is 6.00. The number of nitrogens with zero attached hydrogens (tertiary/aromatic N) is 5. The van der Waals surface area contributed by atoms with E-state index in [1.807, 2.05) is 17.4 Å². The first-order valence-electron chi connectivity index (χ1n) is 10.3. The van der Waals surface area contributed by atoms with Gasteiger partial charge in [-0.25, -0.2) is 4.98 Å². The highest BCUT2D eigenvalue weighted by molar-refractivity contribution is 7.11. The van der Waals surface area contributed by atoms with Gasteiger partial charge in [0.25, 0.3) is 0 Å². The maximum absolute atomic E-state index is 6.29. The Morgan fingerprint density at radius 1 is 1.03 bits per heavy atom. The number of rotatable bonds is 2. The van der Waals surface area contributed by atoms with Crippen molar-refractivity contribution in [3.8, 4) is 5.69 Å². The van der Waals surface area contributed by atoms with Crippen molar-refractivity contribution in [2.75, 3.05) is 7.05 Å². The van der Waals surface area contributed by atoms with E-state index in [2.05, 4.69) is 52.7 Å². The molecule has 5 nitrogen and oxygen atoms in total. The van der Waals surface area contributed by atoms with E-state index in [1.54, 1.807) is 0 Å². The predicted molar refractivity (Wildman–Crippen MR) is 117 cm³/mol. The van der Waals surface area contributed by atoms with Crippen LogP contribution in [0.1, 0.15) is 70.3 Å². The van der Waals surface area contributed by atoms with Crippen LogP contribution in [0.3, 0.4) is 0 Å². The summed E-state index contributed by atoms with van der Waals surface area (Å²) in [6, 6.07) is 6.18. The highest BCUT2D eigenvalue weighted by Crippen LogP contribution is 2.42. The molecule has 3 aromatic rings. The lowest BCUT2D eigenvalue weighted by Gasteiger charge is -2.27. The van der Waals surface area contributed by atoms with Gasteiger partial charge in [-0.05, 0) is 70.3 Å². The molecule has 1 aliphatic carbocycles. The second kappa shape index (κ2) is 7.49. The molecule has 2 aliphatic rings. The van der Waals surface area contributed by atoms with Crippen molar-refractivity contribution in [3.05, 3.63) is 56.0 Å². The van der Waals surface area contributed by atoms with Gasteiger partial charge in [0, 0.05) is 28.3 Å². The summed E-state index contributed by atoms with van der Waals surface area (Å²) in [7, 11) is 2.12. The van der Waals surface area contributed by atoms with Crippen LogP contribution in [-0.2, 0) is 13.1 Å². The van der Waals surface area contributed by atoms with Crippen LogP contribution in [0.4, 0.5) is 0 Å². The van der Waals surface area contributed by atoms with Gasteiger partial charge in [-0.2, -0.15) is 0 Å². The number of thiazole rings is 1. The fourth-order valence-electron chi connectivity index (χ4n) is 4.72. The topological polar surface area (TPSA) is 46.8 Å². The van der Waals surface area contributed by atoms with E-state index >= 15 is 0 Å². The van der Waals surface area contributed by atoms with Gasteiger partial charge >= 0.3 is 0 Å². The first kappa shape index (κ1) is 19.2. The molecule has 0 saturated heterocycles. The van der Waals surface area contributed by atoms with Gasteiger partial charge in [0.15, 0.2) is 5.82 Å². The molecule has 152 valence electrons. The van der Waals surface area contributed by atoms with Crippen LogP contribution in [0, 0.1) is 13.8 Å². The summed E-state index contributed by atoms with van der Waals surface area (Å²) in [4.78, 5) is 8.44. The Labute approximate surface area is 180 Å². The summed E-state index contributed by atoms with van der Waals surface area (Å²) >= 11 is 8.17. The molecule has 0 bridgehead atoms. The number of hydrogen-bond acceptors (Lipinski definition) is 5. The molecule has 5 rings (SSSR count). The summed E-state index contributed by atoms with van der Waals surface area (Å²) in [6.45, 7) is 5.96. The summed E-state index contributed by atoms with van der Waals surface area (Å²) in [5, 5.41) is 11.4. The number of hydrogen-bond donors (Lipinski definition) is 0. The third kappa shape index (κ3) is 3.51. The maximum atomic E-state index is 6.29. The second-order valence-electron chi connectivity index (χ2n) is 8.50. The minimum atomic E-state index is 0.446. The summed E-state index contributed by atoms with van der Waals surface area (Å²) in [5.41, 5.74) is 3.61. The molecule has 29 heavy (non-hydrogen) atoms. The zero-order chi connectivity index (χ0) is 20.1. The Kier molecular flexibility index (Phi) is 4.96. The van der Waals surface area contributed by atoms with E-state index in [-0.39, 0.29) is 0 Å². The molecule has 1 aromatic carbocycles. The lowest BCUT2D eigenvalue weighted by atomic mass is 9.82. The van der Waals surface area contributed by atoms with Crippen LogP contribution in [-0.4, -0.2) is 31.7 Å². The fraction of sp³-hybridized carbons (Fsp3) is 0.500. The molecule has 7 heteroatoms. The van der Waals surface area contributed by atoms with Crippen molar-refractivity contribution in [3.63, 3.8) is 0 Å². The lowest BCUT2D eigenvalue weighted by Crippen LogP contribution is -2.17. The molecule has 0 N–H and O–H groups in total. The smallest absolute Gasteiger partial charge is 0.151 e. The molecule has 1 fully saturated rings. The zero-order valence-corrected chi connectivity index (χ0v) is 18.7. The minimum Gasteiger partial charge on any atom is -0.295 e. The molecule has 2 aromatic heterocycles. The van der Waals surface area contributed by atoms with Gasteiger partial charge in [-0.1, -0.05) is 11.6 Å². The Morgan fingerprint density at radius 3 is 2.52 bits per heavy atom. The van der Waals surface area contributed by atoms with Crippen molar-refractivity contribution < 1.29 is 0 Å². The van der Waals surface area contributed by atoms with E-state index in [9.17, 15) is 0 Å². The SMILES string of the molecule is Cc1nc([C@H]2CC[C@H](c3nnc4n3-c3ccc(Cl)cc3CN(C)C4)CC2)sc1C. The van der Waals surface area contributed by atoms with Crippen molar-refractivity contribution in [1.82, 2.24) is 24.6 Å². The van der Waals surface area contributed by atoms with Gasteiger partial charge in [0.05, 0.1) is 22.9 Å². The van der Waals surface area contributed by atoms with Crippen molar-refractivity contribution in [2.24, 2.45) is 0 Å². The maximum Gasteiger partial charge on any atom is 0.151 e. The van der Waals surface area contributed by atoms with Crippen molar-refractivity contribution in [1.29, 1.82) is 0 Å². The monoisotopic (exact) mass is 427 g/mol. The Bertz CT molecular complexity index is 1030. The number of halogens is 1. The first-order chi connectivity index (χ1) is 14.0. The van der Waals surface area contributed by atoms with E-state index < -0.39 is 0 Å². The largest absolute Gasteiger partial charge is 0.295 e. The number of aryl methyl sites for hydroxylation is 2. The molecule has 0 radical (unpaired) electrons. The van der Waals surface area contributed by atoms with Gasteiger partial charge in [0.2, 0.25) is 0 Å². The van der Waals surface area contributed by atoms with Crippen LogP contribution < -0.4 is 0 Å². The molecular weight excluding hydrogens is 402 g/mol. The minimum absolute atomic E-state index is 0.446. The van der Waals surface area contributed by atoms with Crippen LogP contribution >= 0.6 is 22.9 Å². The normalized spacial score (nSPS) is 22.2. The van der Waals surface area contributed by atoms with Gasteiger partial charge < -0.3 is 0 Å². The van der Waals surface area contributed by atoms with Crippen LogP contribution in [0.25, 0.3) is 5.69 Å². The summed E-state index contributed by atoms with van der Waals surface area (Å²) in [5.74, 6) is 3.18. The van der Waals surface area contributed by atoms with E-state index in [0.717, 1.165) is 42.6 Å². The summed E-state index contributed by atoms with van der Waals surface area (Å²) < 4.78 is 2.30. The second-order valence-corrected chi connectivity index (χ2v) is 10.2. The zero-order valence-electron chi connectivity index (χ0n) is 17.2. The predicted octanol–water partition coefficient (Wildman–Crippen LogP) is 5.38. The van der Waals surface area contributed by atoms with Crippen LogP contribution in [0.5, 0.6) is 0 Å². The highest BCUT2D eigenvalue weighted by Gasteiger charge is 2.31. The molecule has 0 unspecified atom stereocenters. The third-order valence-corrected chi connectivity index (χ3v) is 7.85. The average molecular weight is 428 g/mol. The summed E-state index contributed by atoms with van der Waals surface area (Å²) in [6.07, 6.45) is 4.62. The quantitative estimate of drug-likeness (QED) is 0.550.